The average Bonchev–Trinajstić information content (AvgIpc) is 2.83. The molecule has 1 aromatic heterocycles. The molecule has 1 aromatic rings. The third kappa shape index (κ3) is 3.36. The Balaban J connectivity index is 2.01. The van der Waals surface area contributed by atoms with Gasteiger partial charge in [0.05, 0.1) is 13.7 Å². The molecule has 1 aliphatic rings. The Hall–Kier alpha value is -1.43. The van der Waals surface area contributed by atoms with Crippen molar-refractivity contribution in [3.8, 4) is 0 Å². The zero-order valence-corrected chi connectivity index (χ0v) is 12.7. The van der Waals surface area contributed by atoms with Crippen molar-refractivity contribution in [3.05, 3.63) is 16.1 Å². The maximum absolute atomic E-state index is 12.3. The highest BCUT2D eigenvalue weighted by Gasteiger charge is 2.29. The molecule has 0 atom stereocenters. The van der Waals surface area contributed by atoms with E-state index >= 15 is 0 Å². The van der Waals surface area contributed by atoms with E-state index in [-0.39, 0.29) is 11.8 Å². The predicted octanol–water partition coefficient (Wildman–Crippen LogP) is 2.47. The maximum atomic E-state index is 12.3. The van der Waals surface area contributed by atoms with Crippen molar-refractivity contribution >= 4 is 23.2 Å². The van der Waals surface area contributed by atoms with E-state index in [0.717, 1.165) is 37.2 Å². The first-order chi connectivity index (χ1) is 9.65. The lowest BCUT2D eigenvalue weighted by Gasteiger charge is -2.31. The van der Waals surface area contributed by atoms with Crippen molar-refractivity contribution in [2.24, 2.45) is 5.92 Å². The number of carbonyl (C=O) groups is 2. The van der Waals surface area contributed by atoms with Gasteiger partial charge in [-0.1, -0.05) is 13.3 Å². The molecule has 20 heavy (non-hydrogen) atoms. The lowest BCUT2D eigenvalue weighted by molar-refractivity contribution is -0.138. The normalized spacial score (nSPS) is 14.7. The zero-order chi connectivity index (χ0) is 14.5. The van der Waals surface area contributed by atoms with E-state index in [2.05, 4.69) is 16.6 Å². The number of carbonyl (C=O) groups excluding carboxylic acids is 2. The number of thiazole rings is 1. The smallest absolute Gasteiger partial charge is 0.357 e. The summed E-state index contributed by atoms with van der Waals surface area (Å²) in [6.07, 6.45) is 4.09. The number of ether oxygens (including phenoxy) is 1. The van der Waals surface area contributed by atoms with E-state index in [1.54, 1.807) is 5.38 Å². The standard InChI is InChI=1S/C14H20N2O3S/c1-3-7-16(13(17)10-5-4-6-10)8-12-15-11(9-20-12)14(18)19-2/h9-10H,3-8H2,1-2H3. The monoisotopic (exact) mass is 296 g/mol. The summed E-state index contributed by atoms with van der Waals surface area (Å²) >= 11 is 1.40. The van der Waals surface area contributed by atoms with Gasteiger partial charge in [-0.3, -0.25) is 4.79 Å². The van der Waals surface area contributed by atoms with Crippen LogP contribution in [0.25, 0.3) is 0 Å². The number of hydrogen-bond donors (Lipinski definition) is 0. The molecule has 0 saturated heterocycles. The second-order valence-electron chi connectivity index (χ2n) is 5.01. The first kappa shape index (κ1) is 15.0. The van der Waals surface area contributed by atoms with Gasteiger partial charge in [0.2, 0.25) is 5.91 Å². The van der Waals surface area contributed by atoms with Crippen LogP contribution in [0.4, 0.5) is 0 Å². The van der Waals surface area contributed by atoms with Crippen molar-refractivity contribution in [2.75, 3.05) is 13.7 Å². The molecule has 2 rings (SSSR count). The summed E-state index contributed by atoms with van der Waals surface area (Å²) in [7, 11) is 1.34. The Bertz CT molecular complexity index is 483. The predicted molar refractivity (Wildman–Crippen MR) is 76.5 cm³/mol. The summed E-state index contributed by atoms with van der Waals surface area (Å²) in [5.74, 6) is -0.00521. The summed E-state index contributed by atoms with van der Waals surface area (Å²) in [5.41, 5.74) is 0.319. The van der Waals surface area contributed by atoms with Gasteiger partial charge in [-0.25, -0.2) is 9.78 Å². The topological polar surface area (TPSA) is 59.5 Å². The molecular formula is C14H20N2O3S. The van der Waals surface area contributed by atoms with Crippen molar-refractivity contribution in [1.29, 1.82) is 0 Å². The van der Waals surface area contributed by atoms with Crippen LogP contribution in [0.15, 0.2) is 5.38 Å². The van der Waals surface area contributed by atoms with Crippen LogP contribution >= 0.6 is 11.3 Å². The average molecular weight is 296 g/mol. The number of aromatic nitrogens is 1. The van der Waals surface area contributed by atoms with Gasteiger partial charge in [-0.05, 0) is 19.3 Å². The lowest BCUT2D eigenvalue weighted by Crippen LogP contribution is -2.38. The number of esters is 1. The first-order valence-corrected chi connectivity index (χ1v) is 7.85. The minimum Gasteiger partial charge on any atom is -0.464 e. The number of amides is 1. The molecule has 0 bridgehead atoms. The Labute approximate surface area is 122 Å². The van der Waals surface area contributed by atoms with Crippen LogP contribution in [0.2, 0.25) is 0 Å². The van der Waals surface area contributed by atoms with Gasteiger partial charge in [0, 0.05) is 17.8 Å². The Morgan fingerprint density at radius 1 is 1.50 bits per heavy atom. The van der Waals surface area contributed by atoms with E-state index in [9.17, 15) is 9.59 Å². The second kappa shape index (κ2) is 6.83. The molecule has 110 valence electrons. The van der Waals surface area contributed by atoms with E-state index in [1.165, 1.54) is 18.4 Å². The highest BCUT2D eigenvalue weighted by atomic mass is 32.1. The largest absolute Gasteiger partial charge is 0.464 e. The van der Waals surface area contributed by atoms with Crippen LogP contribution in [-0.2, 0) is 16.1 Å². The molecule has 5 nitrogen and oxygen atoms in total. The molecule has 1 amide bonds. The molecular weight excluding hydrogens is 276 g/mol. The highest BCUT2D eigenvalue weighted by molar-refractivity contribution is 7.09. The van der Waals surface area contributed by atoms with Gasteiger partial charge in [-0.15, -0.1) is 11.3 Å². The minimum absolute atomic E-state index is 0.196. The van der Waals surface area contributed by atoms with Crippen LogP contribution in [0.3, 0.4) is 0 Å². The van der Waals surface area contributed by atoms with Gasteiger partial charge in [0.1, 0.15) is 5.01 Å². The third-order valence-electron chi connectivity index (χ3n) is 3.53. The Kier molecular flexibility index (Phi) is 5.11. The van der Waals surface area contributed by atoms with Crippen LogP contribution in [0.1, 0.15) is 48.1 Å². The van der Waals surface area contributed by atoms with Gasteiger partial charge >= 0.3 is 5.97 Å². The molecule has 1 aliphatic carbocycles. The van der Waals surface area contributed by atoms with E-state index in [1.807, 2.05) is 4.90 Å². The van der Waals surface area contributed by atoms with Crippen LogP contribution in [0, 0.1) is 5.92 Å². The summed E-state index contributed by atoms with van der Waals surface area (Å²) < 4.78 is 4.64. The van der Waals surface area contributed by atoms with Gasteiger partial charge in [-0.2, -0.15) is 0 Å². The van der Waals surface area contributed by atoms with E-state index in [0.29, 0.717) is 12.2 Å². The highest BCUT2D eigenvalue weighted by Crippen LogP contribution is 2.29. The van der Waals surface area contributed by atoms with Crippen LogP contribution < -0.4 is 0 Å². The number of hydrogen-bond acceptors (Lipinski definition) is 5. The summed E-state index contributed by atoms with van der Waals surface area (Å²) in [6, 6.07) is 0. The van der Waals surface area contributed by atoms with Crippen molar-refractivity contribution < 1.29 is 14.3 Å². The third-order valence-corrected chi connectivity index (χ3v) is 4.37. The van der Waals surface area contributed by atoms with Gasteiger partial charge < -0.3 is 9.64 Å². The molecule has 0 aliphatic heterocycles. The van der Waals surface area contributed by atoms with Gasteiger partial charge in [0.15, 0.2) is 5.69 Å². The second-order valence-corrected chi connectivity index (χ2v) is 5.95. The number of methoxy groups -OCH3 is 1. The number of rotatable bonds is 6. The molecule has 0 spiro atoms. The summed E-state index contributed by atoms with van der Waals surface area (Å²) in [4.78, 5) is 29.8. The lowest BCUT2D eigenvalue weighted by atomic mass is 9.84. The van der Waals surface area contributed by atoms with Crippen molar-refractivity contribution in [2.45, 2.75) is 39.2 Å². The Morgan fingerprint density at radius 3 is 2.80 bits per heavy atom. The molecule has 1 fully saturated rings. The van der Waals surface area contributed by atoms with Crippen molar-refractivity contribution in [1.82, 2.24) is 9.88 Å². The summed E-state index contributed by atoms with van der Waals surface area (Å²) in [5, 5.41) is 2.46. The molecule has 0 aromatic carbocycles. The Morgan fingerprint density at radius 2 is 2.25 bits per heavy atom. The molecule has 6 heteroatoms. The molecule has 1 saturated carbocycles. The summed E-state index contributed by atoms with van der Waals surface area (Å²) in [6.45, 7) is 3.29. The first-order valence-electron chi connectivity index (χ1n) is 6.97. The van der Waals surface area contributed by atoms with Crippen molar-refractivity contribution in [3.63, 3.8) is 0 Å². The van der Waals surface area contributed by atoms with E-state index in [4.69, 9.17) is 0 Å². The molecule has 0 radical (unpaired) electrons. The quantitative estimate of drug-likeness (QED) is 0.757. The van der Waals surface area contributed by atoms with Crippen LogP contribution in [-0.4, -0.2) is 35.4 Å². The van der Waals surface area contributed by atoms with E-state index < -0.39 is 5.97 Å². The minimum atomic E-state index is -0.431. The maximum Gasteiger partial charge on any atom is 0.357 e. The molecule has 0 N–H and O–H groups in total. The SMILES string of the molecule is CCCN(Cc1nc(C(=O)OC)cs1)C(=O)C1CCC1. The fraction of sp³-hybridized carbons (Fsp3) is 0.643. The fourth-order valence-electron chi connectivity index (χ4n) is 2.20. The molecule has 0 unspecified atom stereocenters. The number of nitrogens with zero attached hydrogens (tertiary/aromatic N) is 2. The zero-order valence-electron chi connectivity index (χ0n) is 11.9. The van der Waals surface area contributed by atoms with Gasteiger partial charge in [0.25, 0.3) is 0 Å². The van der Waals surface area contributed by atoms with Crippen LogP contribution in [0.5, 0.6) is 0 Å². The fourth-order valence-corrected chi connectivity index (χ4v) is 2.97. The molecule has 1 heterocycles.